The van der Waals surface area contributed by atoms with Crippen LogP contribution in [-0.2, 0) is 0 Å². The summed E-state index contributed by atoms with van der Waals surface area (Å²) < 4.78 is 11.1. The Hall–Kier alpha value is -2.00. The quantitative estimate of drug-likeness (QED) is 0.878. The van der Waals surface area contributed by atoms with Gasteiger partial charge >= 0.3 is 0 Å². The fraction of sp³-hybridized carbons (Fsp3) is 0.200. The minimum atomic E-state index is 0.0152. The van der Waals surface area contributed by atoms with E-state index in [1.54, 1.807) is 0 Å². The van der Waals surface area contributed by atoms with E-state index < -0.39 is 0 Å². The summed E-state index contributed by atoms with van der Waals surface area (Å²) in [6, 6.07) is 15.2. The molecule has 0 saturated carbocycles. The molecule has 0 amide bonds. The maximum Gasteiger partial charge on any atom is 0.130 e. The second kappa shape index (κ2) is 6.07. The van der Waals surface area contributed by atoms with Gasteiger partial charge in [-0.05, 0) is 42.8 Å². The average Bonchev–Trinajstić information content (AvgIpc) is 2.40. The lowest BCUT2D eigenvalue weighted by Gasteiger charge is -2.10. The van der Waals surface area contributed by atoms with Crippen molar-refractivity contribution in [2.45, 2.75) is 6.92 Å². The van der Waals surface area contributed by atoms with E-state index in [2.05, 4.69) is 0 Å². The summed E-state index contributed by atoms with van der Waals surface area (Å²) in [6.45, 7) is 2.28. The van der Waals surface area contributed by atoms with E-state index in [4.69, 9.17) is 14.6 Å². The molecular formula is C15H16O3. The van der Waals surface area contributed by atoms with Gasteiger partial charge in [0.05, 0.1) is 6.61 Å². The molecule has 0 fully saturated rings. The maximum atomic E-state index is 8.70. The second-order valence-corrected chi connectivity index (χ2v) is 3.91. The van der Waals surface area contributed by atoms with Gasteiger partial charge in [-0.15, -0.1) is 0 Å². The SMILES string of the molecule is Cc1cc(OCCO)ccc1Oc1ccccc1. The molecule has 2 aromatic carbocycles. The van der Waals surface area contributed by atoms with Gasteiger partial charge in [0.15, 0.2) is 0 Å². The van der Waals surface area contributed by atoms with E-state index in [1.807, 2.05) is 55.5 Å². The number of aliphatic hydroxyl groups excluding tert-OH is 1. The Kier molecular flexibility index (Phi) is 4.20. The zero-order chi connectivity index (χ0) is 12.8. The highest BCUT2D eigenvalue weighted by Gasteiger charge is 2.03. The zero-order valence-corrected chi connectivity index (χ0v) is 10.3. The van der Waals surface area contributed by atoms with Gasteiger partial charge < -0.3 is 14.6 Å². The Bertz CT molecular complexity index is 494. The monoisotopic (exact) mass is 244 g/mol. The third-order valence-electron chi connectivity index (χ3n) is 2.48. The van der Waals surface area contributed by atoms with E-state index in [9.17, 15) is 0 Å². The third-order valence-corrected chi connectivity index (χ3v) is 2.48. The highest BCUT2D eigenvalue weighted by atomic mass is 16.5. The van der Waals surface area contributed by atoms with Crippen LogP contribution in [0.1, 0.15) is 5.56 Å². The van der Waals surface area contributed by atoms with Crippen molar-refractivity contribution in [3.63, 3.8) is 0 Å². The molecule has 18 heavy (non-hydrogen) atoms. The van der Waals surface area contributed by atoms with Crippen LogP contribution in [0.15, 0.2) is 48.5 Å². The van der Waals surface area contributed by atoms with Crippen LogP contribution in [0.2, 0.25) is 0 Å². The number of aliphatic hydroxyl groups is 1. The number of para-hydroxylation sites is 1. The maximum absolute atomic E-state index is 8.70. The van der Waals surface area contributed by atoms with Crippen molar-refractivity contribution in [3.05, 3.63) is 54.1 Å². The van der Waals surface area contributed by atoms with Crippen LogP contribution in [-0.4, -0.2) is 18.3 Å². The number of hydrogen-bond acceptors (Lipinski definition) is 3. The van der Waals surface area contributed by atoms with E-state index in [1.165, 1.54) is 0 Å². The molecule has 3 heteroatoms. The van der Waals surface area contributed by atoms with Crippen LogP contribution >= 0.6 is 0 Å². The molecule has 0 unspecified atom stereocenters. The van der Waals surface area contributed by atoms with Gasteiger partial charge in [-0.25, -0.2) is 0 Å². The van der Waals surface area contributed by atoms with Crippen LogP contribution in [0.3, 0.4) is 0 Å². The van der Waals surface area contributed by atoms with E-state index in [0.29, 0.717) is 6.61 Å². The molecule has 0 aliphatic heterocycles. The molecule has 0 atom stereocenters. The lowest BCUT2D eigenvalue weighted by atomic mass is 10.2. The fourth-order valence-corrected chi connectivity index (χ4v) is 1.61. The van der Waals surface area contributed by atoms with Crippen LogP contribution < -0.4 is 9.47 Å². The van der Waals surface area contributed by atoms with Crippen LogP contribution in [0.5, 0.6) is 17.2 Å². The highest BCUT2D eigenvalue weighted by molar-refractivity contribution is 5.41. The largest absolute Gasteiger partial charge is 0.491 e. The van der Waals surface area contributed by atoms with Gasteiger partial charge in [-0.1, -0.05) is 18.2 Å². The molecule has 0 saturated heterocycles. The highest BCUT2D eigenvalue weighted by Crippen LogP contribution is 2.27. The lowest BCUT2D eigenvalue weighted by molar-refractivity contribution is 0.201. The first-order valence-electron chi connectivity index (χ1n) is 5.87. The summed E-state index contributed by atoms with van der Waals surface area (Å²) in [7, 11) is 0. The van der Waals surface area contributed by atoms with Crippen molar-refractivity contribution in [1.82, 2.24) is 0 Å². The van der Waals surface area contributed by atoms with Crippen molar-refractivity contribution < 1.29 is 14.6 Å². The number of hydrogen-bond donors (Lipinski definition) is 1. The number of benzene rings is 2. The second-order valence-electron chi connectivity index (χ2n) is 3.91. The van der Waals surface area contributed by atoms with Crippen LogP contribution in [0.4, 0.5) is 0 Å². The van der Waals surface area contributed by atoms with Gasteiger partial charge in [-0.3, -0.25) is 0 Å². The molecule has 2 rings (SSSR count). The summed E-state index contributed by atoms with van der Waals surface area (Å²) in [5, 5.41) is 8.70. The number of ether oxygens (including phenoxy) is 2. The van der Waals surface area contributed by atoms with E-state index in [-0.39, 0.29) is 6.61 Å². The zero-order valence-electron chi connectivity index (χ0n) is 10.3. The first kappa shape index (κ1) is 12.5. The Labute approximate surface area is 107 Å². The van der Waals surface area contributed by atoms with Crippen molar-refractivity contribution in [2.24, 2.45) is 0 Å². The summed E-state index contributed by atoms with van der Waals surface area (Å²) in [5.74, 6) is 2.35. The summed E-state index contributed by atoms with van der Waals surface area (Å²) in [5.41, 5.74) is 0.995. The summed E-state index contributed by atoms with van der Waals surface area (Å²) in [4.78, 5) is 0. The minimum absolute atomic E-state index is 0.0152. The predicted octanol–water partition coefficient (Wildman–Crippen LogP) is 3.16. The Balaban J connectivity index is 2.10. The van der Waals surface area contributed by atoms with Crippen LogP contribution in [0, 0.1) is 6.92 Å². The Morgan fingerprint density at radius 1 is 1.00 bits per heavy atom. The molecule has 0 aliphatic rings. The van der Waals surface area contributed by atoms with Gasteiger partial charge in [0.2, 0.25) is 0 Å². The van der Waals surface area contributed by atoms with Gasteiger partial charge in [-0.2, -0.15) is 0 Å². The molecule has 0 heterocycles. The van der Waals surface area contributed by atoms with Crippen molar-refractivity contribution in [1.29, 1.82) is 0 Å². The molecule has 0 spiro atoms. The molecular weight excluding hydrogens is 228 g/mol. The minimum Gasteiger partial charge on any atom is -0.491 e. The predicted molar refractivity (Wildman–Crippen MR) is 70.3 cm³/mol. The molecule has 0 aliphatic carbocycles. The Morgan fingerprint density at radius 2 is 1.78 bits per heavy atom. The van der Waals surface area contributed by atoms with Crippen molar-refractivity contribution in [2.75, 3.05) is 13.2 Å². The first-order chi connectivity index (χ1) is 8.79. The van der Waals surface area contributed by atoms with Gasteiger partial charge in [0.25, 0.3) is 0 Å². The summed E-state index contributed by atoms with van der Waals surface area (Å²) >= 11 is 0. The molecule has 0 aromatic heterocycles. The number of rotatable bonds is 5. The first-order valence-corrected chi connectivity index (χ1v) is 5.87. The standard InChI is InChI=1S/C15H16O3/c1-12-11-14(17-10-9-16)7-8-15(12)18-13-5-3-2-4-6-13/h2-8,11,16H,9-10H2,1H3. The average molecular weight is 244 g/mol. The van der Waals surface area contributed by atoms with Gasteiger partial charge in [0.1, 0.15) is 23.9 Å². The molecule has 2 aromatic rings. The number of aryl methyl sites for hydroxylation is 1. The van der Waals surface area contributed by atoms with E-state index >= 15 is 0 Å². The van der Waals surface area contributed by atoms with E-state index in [0.717, 1.165) is 22.8 Å². The molecule has 0 radical (unpaired) electrons. The topological polar surface area (TPSA) is 38.7 Å². The lowest BCUT2D eigenvalue weighted by Crippen LogP contribution is -2.01. The van der Waals surface area contributed by atoms with Crippen molar-refractivity contribution >= 4 is 0 Å². The fourth-order valence-electron chi connectivity index (χ4n) is 1.61. The molecule has 0 bridgehead atoms. The van der Waals surface area contributed by atoms with Crippen molar-refractivity contribution in [3.8, 4) is 17.2 Å². The van der Waals surface area contributed by atoms with Gasteiger partial charge in [0, 0.05) is 0 Å². The third kappa shape index (κ3) is 3.25. The molecule has 94 valence electrons. The Morgan fingerprint density at radius 3 is 2.44 bits per heavy atom. The normalized spacial score (nSPS) is 10.1. The summed E-state index contributed by atoms with van der Waals surface area (Å²) in [6.07, 6.45) is 0. The van der Waals surface area contributed by atoms with Crippen LogP contribution in [0.25, 0.3) is 0 Å². The molecule has 3 nitrogen and oxygen atoms in total. The molecule has 1 N–H and O–H groups in total. The smallest absolute Gasteiger partial charge is 0.130 e.